The van der Waals surface area contributed by atoms with Crippen LogP contribution in [0.4, 0.5) is 0 Å². The maximum atomic E-state index is 12.8. The Kier molecular flexibility index (Phi) is 45.2. The van der Waals surface area contributed by atoms with Crippen LogP contribution in [0, 0.1) is 0 Å². The molecule has 0 aromatic carbocycles. The molecule has 0 bridgehead atoms. The number of allylic oxidation sites excluding steroid dienone is 5. The molecule has 59 heavy (non-hydrogen) atoms. The zero-order valence-electron chi connectivity index (χ0n) is 38.7. The second-order valence-corrected chi connectivity index (χ2v) is 18.5. The molecule has 3 unspecified atom stereocenters. The highest BCUT2D eigenvalue weighted by molar-refractivity contribution is 7.47. The first-order valence-corrected chi connectivity index (χ1v) is 26.6. The largest absolute Gasteiger partial charge is 0.472 e. The van der Waals surface area contributed by atoms with Crippen molar-refractivity contribution in [3.8, 4) is 0 Å². The molecule has 0 aliphatic carbocycles. The number of nitrogens with two attached hydrogens (primary N) is 1. The fourth-order valence-electron chi connectivity index (χ4n) is 7.40. The van der Waals surface area contributed by atoms with E-state index in [1.54, 1.807) is 6.08 Å². The number of hydrogen-bond acceptors (Lipinski definition) is 6. The van der Waals surface area contributed by atoms with Gasteiger partial charge < -0.3 is 21.1 Å². The predicted octanol–water partition coefficient (Wildman–Crippen LogP) is 14.7. The lowest BCUT2D eigenvalue weighted by Gasteiger charge is -2.23. The molecule has 0 fully saturated rings. The Hall–Kier alpha value is -1.28. The molecule has 0 heterocycles. The summed E-state index contributed by atoms with van der Waals surface area (Å²) in [5.41, 5.74) is 5.39. The zero-order valence-corrected chi connectivity index (χ0v) is 39.6. The van der Waals surface area contributed by atoms with Crippen LogP contribution in [0.25, 0.3) is 0 Å². The SMILES string of the molecule is CCCCCCCCCC/C=C/CC/C=C/CC/C=C/C(O)C(COP(=O)(O)OCCN)NC(=O)CCCCCCCCCCCCCCCCCCCCCCCC. The molecule has 348 valence electrons. The van der Waals surface area contributed by atoms with Crippen LogP contribution < -0.4 is 11.1 Å². The van der Waals surface area contributed by atoms with Crippen molar-refractivity contribution in [3.63, 3.8) is 0 Å². The summed E-state index contributed by atoms with van der Waals surface area (Å²) in [6.07, 6.45) is 56.4. The van der Waals surface area contributed by atoms with Gasteiger partial charge in [-0.25, -0.2) is 4.57 Å². The molecular formula is C50H97N2O6P. The first kappa shape index (κ1) is 57.7. The van der Waals surface area contributed by atoms with Crippen LogP contribution in [0.1, 0.15) is 245 Å². The summed E-state index contributed by atoms with van der Waals surface area (Å²) in [4.78, 5) is 22.8. The average Bonchev–Trinajstić information content (AvgIpc) is 3.22. The van der Waals surface area contributed by atoms with E-state index in [-0.39, 0.29) is 25.7 Å². The Morgan fingerprint density at radius 2 is 0.898 bits per heavy atom. The van der Waals surface area contributed by atoms with Crippen LogP contribution in [0.15, 0.2) is 36.5 Å². The molecule has 0 radical (unpaired) electrons. The van der Waals surface area contributed by atoms with E-state index in [0.717, 1.165) is 44.9 Å². The van der Waals surface area contributed by atoms with Gasteiger partial charge in [-0.15, -0.1) is 0 Å². The molecule has 0 aliphatic heterocycles. The van der Waals surface area contributed by atoms with Gasteiger partial charge in [-0.2, -0.15) is 0 Å². The minimum atomic E-state index is -4.35. The zero-order chi connectivity index (χ0) is 43.2. The highest BCUT2D eigenvalue weighted by Crippen LogP contribution is 2.43. The third-order valence-corrected chi connectivity index (χ3v) is 12.2. The summed E-state index contributed by atoms with van der Waals surface area (Å²) < 4.78 is 22.2. The second-order valence-electron chi connectivity index (χ2n) is 17.0. The molecule has 0 aliphatic rings. The maximum Gasteiger partial charge on any atom is 0.472 e. The van der Waals surface area contributed by atoms with Crippen molar-refractivity contribution in [1.29, 1.82) is 0 Å². The van der Waals surface area contributed by atoms with Crippen molar-refractivity contribution < 1.29 is 28.4 Å². The summed E-state index contributed by atoms with van der Waals surface area (Å²) >= 11 is 0. The molecule has 0 rings (SSSR count). The van der Waals surface area contributed by atoms with Crippen LogP contribution in [0.5, 0.6) is 0 Å². The van der Waals surface area contributed by atoms with E-state index in [4.69, 9.17) is 14.8 Å². The van der Waals surface area contributed by atoms with E-state index in [2.05, 4.69) is 43.5 Å². The number of phosphoric ester groups is 1. The molecule has 3 atom stereocenters. The number of phosphoric acid groups is 1. The third kappa shape index (κ3) is 44.6. The fraction of sp³-hybridized carbons (Fsp3) is 0.860. The summed E-state index contributed by atoms with van der Waals surface area (Å²) in [7, 11) is -4.35. The minimum absolute atomic E-state index is 0.0729. The molecule has 0 aromatic heterocycles. The number of nitrogens with one attached hydrogen (secondary N) is 1. The predicted molar refractivity (Wildman–Crippen MR) is 254 cm³/mol. The van der Waals surface area contributed by atoms with Gasteiger partial charge in [0, 0.05) is 13.0 Å². The van der Waals surface area contributed by atoms with Gasteiger partial charge in [0.2, 0.25) is 5.91 Å². The lowest BCUT2D eigenvalue weighted by atomic mass is 10.0. The van der Waals surface area contributed by atoms with Crippen LogP contribution >= 0.6 is 7.82 Å². The van der Waals surface area contributed by atoms with Crippen LogP contribution in [0.3, 0.4) is 0 Å². The van der Waals surface area contributed by atoms with E-state index in [1.807, 2.05) is 6.08 Å². The highest BCUT2D eigenvalue weighted by Gasteiger charge is 2.26. The van der Waals surface area contributed by atoms with Gasteiger partial charge >= 0.3 is 7.82 Å². The number of rotatable bonds is 47. The van der Waals surface area contributed by atoms with Gasteiger partial charge in [-0.1, -0.05) is 230 Å². The van der Waals surface area contributed by atoms with Crippen molar-refractivity contribution >= 4 is 13.7 Å². The van der Waals surface area contributed by atoms with Crippen molar-refractivity contribution in [2.45, 2.75) is 257 Å². The lowest BCUT2D eigenvalue weighted by molar-refractivity contribution is -0.123. The van der Waals surface area contributed by atoms with Gasteiger partial charge in [-0.3, -0.25) is 13.8 Å². The molecule has 0 saturated heterocycles. The average molecular weight is 853 g/mol. The van der Waals surface area contributed by atoms with Crippen molar-refractivity contribution in [3.05, 3.63) is 36.5 Å². The van der Waals surface area contributed by atoms with Crippen LogP contribution in [0.2, 0.25) is 0 Å². The Morgan fingerprint density at radius 1 is 0.542 bits per heavy atom. The molecule has 0 spiro atoms. The molecule has 5 N–H and O–H groups in total. The van der Waals surface area contributed by atoms with Gasteiger partial charge in [0.15, 0.2) is 0 Å². The number of amides is 1. The summed E-state index contributed by atoms with van der Waals surface area (Å²) in [6, 6.07) is -0.881. The molecule has 0 saturated carbocycles. The topological polar surface area (TPSA) is 131 Å². The summed E-state index contributed by atoms with van der Waals surface area (Å²) in [5, 5.41) is 13.7. The first-order valence-electron chi connectivity index (χ1n) is 25.1. The quantitative estimate of drug-likeness (QED) is 0.0272. The van der Waals surface area contributed by atoms with Gasteiger partial charge in [0.25, 0.3) is 0 Å². The molecule has 9 heteroatoms. The Balaban J connectivity index is 4.14. The molecule has 8 nitrogen and oxygen atoms in total. The summed E-state index contributed by atoms with van der Waals surface area (Å²) in [5.74, 6) is -0.204. The van der Waals surface area contributed by atoms with E-state index in [1.165, 1.54) is 180 Å². The van der Waals surface area contributed by atoms with E-state index in [0.29, 0.717) is 6.42 Å². The van der Waals surface area contributed by atoms with E-state index < -0.39 is 20.0 Å². The summed E-state index contributed by atoms with van der Waals surface area (Å²) in [6.45, 7) is 4.13. The number of carbonyl (C=O) groups is 1. The smallest absolute Gasteiger partial charge is 0.387 e. The van der Waals surface area contributed by atoms with Crippen LogP contribution in [-0.4, -0.2) is 47.8 Å². The number of aliphatic hydroxyl groups is 1. The fourth-order valence-corrected chi connectivity index (χ4v) is 8.16. The minimum Gasteiger partial charge on any atom is -0.387 e. The number of hydrogen-bond donors (Lipinski definition) is 4. The molecular weight excluding hydrogens is 756 g/mol. The van der Waals surface area contributed by atoms with E-state index in [9.17, 15) is 19.4 Å². The Morgan fingerprint density at radius 3 is 1.31 bits per heavy atom. The Labute approximate surface area is 365 Å². The van der Waals surface area contributed by atoms with Crippen molar-refractivity contribution in [2.75, 3.05) is 19.8 Å². The lowest BCUT2D eigenvalue weighted by Crippen LogP contribution is -2.45. The monoisotopic (exact) mass is 853 g/mol. The first-order chi connectivity index (χ1) is 28.9. The number of carbonyl (C=O) groups excluding carboxylic acids is 1. The van der Waals surface area contributed by atoms with Gasteiger partial charge in [-0.05, 0) is 44.9 Å². The van der Waals surface area contributed by atoms with Crippen molar-refractivity contribution in [1.82, 2.24) is 5.32 Å². The molecule has 1 amide bonds. The maximum absolute atomic E-state index is 12.8. The standard InChI is InChI=1S/C50H97N2O6P/c1-3-5-7-9-11-13-15-17-19-21-23-24-25-26-28-30-32-34-36-38-40-42-44-50(54)52-48(47-58-59(55,56)57-46-45-51)49(53)43-41-39-37-35-33-31-29-27-22-20-18-16-14-12-10-8-6-4-2/h22,27,33,35,41,43,48-49,53H,3-21,23-26,28-32,34,36-40,42,44-47,51H2,1-2H3,(H,52,54)(H,55,56)/b27-22+,35-33+,43-41+. The number of aliphatic hydroxyl groups excluding tert-OH is 1. The Bertz CT molecular complexity index is 1020. The molecule has 0 aromatic rings. The van der Waals surface area contributed by atoms with Gasteiger partial charge in [0.05, 0.1) is 25.4 Å². The number of unbranched alkanes of at least 4 members (excludes halogenated alkanes) is 31. The van der Waals surface area contributed by atoms with Gasteiger partial charge in [0.1, 0.15) is 0 Å². The van der Waals surface area contributed by atoms with Crippen molar-refractivity contribution in [2.24, 2.45) is 5.73 Å². The second kappa shape index (κ2) is 46.2. The van der Waals surface area contributed by atoms with E-state index >= 15 is 0 Å². The highest BCUT2D eigenvalue weighted by atomic mass is 31.2. The third-order valence-electron chi connectivity index (χ3n) is 11.2. The normalized spacial score (nSPS) is 14.2. The van der Waals surface area contributed by atoms with Crippen LogP contribution in [-0.2, 0) is 18.4 Å².